The fourth-order valence-electron chi connectivity index (χ4n) is 8.41. The predicted octanol–water partition coefficient (Wildman–Crippen LogP) is -6.68. The minimum absolute atomic E-state index is 0.00137. The summed E-state index contributed by atoms with van der Waals surface area (Å²) in [5.74, 6) is -12.1. The van der Waals surface area contributed by atoms with Crippen molar-refractivity contribution >= 4 is 71.0 Å². The van der Waals surface area contributed by atoms with Crippen molar-refractivity contribution in [2.45, 2.75) is 131 Å². The molecular formula is C48H70N14O17. The predicted molar refractivity (Wildman–Crippen MR) is 271 cm³/mol. The molecule has 2 aliphatic rings. The molecule has 0 saturated carbocycles. The fraction of sp³-hybridized carbons (Fsp3) is 0.562. The van der Waals surface area contributed by atoms with Crippen molar-refractivity contribution in [2.24, 2.45) is 11.5 Å². The molecule has 434 valence electrons. The van der Waals surface area contributed by atoms with Crippen molar-refractivity contribution in [1.82, 2.24) is 62.9 Å². The fourth-order valence-corrected chi connectivity index (χ4v) is 8.41. The Hall–Kier alpha value is -8.13. The highest BCUT2D eigenvalue weighted by Gasteiger charge is 2.41. The van der Waals surface area contributed by atoms with Gasteiger partial charge in [0.05, 0.1) is 32.7 Å². The number of carboxylic acids is 2. The van der Waals surface area contributed by atoms with Crippen LogP contribution in [0.5, 0.6) is 0 Å². The van der Waals surface area contributed by atoms with Gasteiger partial charge in [-0.3, -0.25) is 52.7 Å². The van der Waals surface area contributed by atoms with Crippen LogP contribution >= 0.6 is 0 Å². The van der Waals surface area contributed by atoms with E-state index in [1.807, 2.05) is 0 Å². The molecule has 0 spiro atoms. The number of aliphatic hydroxyl groups is 2. The number of aliphatic hydroxyl groups excluding tert-OH is 2. The van der Waals surface area contributed by atoms with Gasteiger partial charge in [0.2, 0.25) is 59.1 Å². The molecule has 0 bridgehead atoms. The Morgan fingerprint density at radius 1 is 0.747 bits per heavy atom. The van der Waals surface area contributed by atoms with Gasteiger partial charge < -0.3 is 89.1 Å². The number of carbonyl (C=O) groups is 12. The zero-order chi connectivity index (χ0) is 58.0. The third-order valence-electron chi connectivity index (χ3n) is 12.7. The summed E-state index contributed by atoms with van der Waals surface area (Å²) in [6.07, 6.45) is 0.920. The van der Waals surface area contributed by atoms with Gasteiger partial charge in [-0.1, -0.05) is 30.3 Å². The second kappa shape index (κ2) is 32.6. The smallest absolute Gasteiger partial charge is 0.326 e. The molecule has 2 aliphatic heterocycles. The first-order valence-corrected chi connectivity index (χ1v) is 25.5. The summed E-state index contributed by atoms with van der Waals surface area (Å²) in [6, 6.07) is -5.11. The molecule has 18 N–H and O–H groups in total. The Labute approximate surface area is 452 Å². The van der Waals surface area contributed by atoms with Gasteiger partial charge in [0.1, 0.15) is 54.4 Å². The first-order chi connectivity index (χ1) is 37.7. The lowest BCUT2D eigenvalue weighted by Crippen LogP contribution is -2.61. The molecule has 10 amide bonds. The Kier molecular flexibility index (Phi) is 26.1. The number of nitrogens with zero attached hydrogens (tertiary/aromatic N) is 2. The number of rotatable bonds is 26. The second-order valence-corrected chi connectivity index (χ2v) is 18.6. The molecule has 0 radical (unpaired) electrons. The number of aromatic amines is 1. The number of amides is 10. The molecule has 31 nitrogen and oxygen atoms in total. The lowest BCUT2D eigenvalue weighted by molar-refractivity contribution is -0.143. The van der Waals surface area contributed by atoms with E-state index < -0.39 is 171 Å². The van der Waals surface area contributed by atoms with E-state index in [-0.39, 0.29) is 58.2 Å². The molecule has 4 rings (SSSR count). The van der Waals surface area contributed by atoms with Gasteiger partial charge in [-0.05, 0) is 50.5 Å². The summed E-state index contributed by atoms with van der Waals surface area (Å²) in [4.78, 5) is 171. The highest BCUT2D eigenvalue weighted by Crippen LogP contribution is 2.20. The molecule has 2 saturated heterocycles. The molecule has 2 aromatic rings. The minimum atomic E-state index is -1.74. The van der Waals surface area contributed by atoms with Gasteiger partial charge in [0.15, 0.2) is 0 Å². The van der Waals surface area contributed by atoms with E-state index in [2.05, 4.69) is 58.0 Å². The summed E-state index contributed by atoms with van der Waals surface area (Å²) in [7, 11) is 0. The average Bonchev–Trinajstić information content (AvgIpc) is 4.20. The molecule has 1 aromatic heterocycles. The van der Waals surface area contributed by atoms with E-state index in [1.54, 1.807) is 30.3 Å². The van der Waals surface area contributed by atoms with Crippen LogP contribution in [0.25, 0.3) is 0 Å². The minimum Gasteiger partial charge on any atom is -0.481 e. The van der Waals surface area contributed by atoms with E-state index in [4.69, 9.17) is 16.3 Å². The van der Waals surface area contributed by atoms with Gasteiger partial charge in [0, 0.05) is 57.1 Å². The zero-order valence-corrected chi connectivity index (χ0v) is 43.1. The van der Waals surface area contributed by atoms with Crippen molar-refractivity contribution in [3.8, 4) is 0 Å². The van der Waals surface area contributed by atoms with E-state index in [0.717, 1.165) is 4.90 Å². The number of benzene rings is 1. The van der Waals surface area contributed by atoms with Crippen molar-refractivity contribution < 1.29 is 82.8 Å². The summed E-state index contributed by atoms with van der Waals surface area (Å²) in [5, 5.41) is 59.1. The first-order valence-electron chi connectivity index (χ1n) is 25.5. The number of aliphatic carboxylic acids is 2. The number of nitrogens with one attached hydrogen (secondary N) is 10. The number of carbonyl (C=O) groups excluding carboxylic acids is 10. The number of H-pyrrole nitrogens is 1. The van der Waals surface area contributed by atoms with Crippen LogP contribution in [-0.4, -0.2) is 200 Å². The largest absolute Gasteiger partial charge is 0.481 e. The third-order valence-corrected chi connectivity index (χ3v) is 12.7. The maximum absolute atomic E-state index is 14.2. The Bertz CT molecular complexity index is 2430. The second-order valence-electron chi connectivity index (χ2n) is 18.6. The molecule has 2 fully saturated rings. The highest BCUT2D eigenvalue weighted by atomic mass is 16.6. The quantitative estimate of drug-likeness (QED) is 0.0416. The number of primary amides is 1. The molecule has 3 heterocycles. The number of nitrogens with two attached hydrogens (primary N) is 2. The van der Waals surface area contributed by atoms with Gasteiger partial charge >= 0.3 is 11.9 Å². The molecule has 0 unspecified atom stereocenters. The van der Waals surface area contributed by atoms with Crippen molar-refractivity contribution in [2.75, 3.05) is 39.5 Å². The topological polar surface area (TPSA) is 487 Å². The van der Waals surface area contributed by atoms with Crippen LogP contribution in [0.2, 0.25) is 0 Å². The van der Waals surface area contributed by atoms with E-state index in [1.165, 1.54) is 12.5 Å². The summed E-state index contributed by atoms with van der Waals surface area (Å²) in [6.45, 7) is -2.38. The number of carboxylic acid groups (broad SMARTS) is 2. The molecule has 31 heteroatoms. The standard InChI is InChI=1S/C48H70N14O17/c49-21-38(66)54-34(23-63)45(74)55-28-9-4-5-16-53-79-18-15-30(56-43(72)32(59-40(28)69)19-26-7-2-1-3-8-26)42(71)61-35(24-64)47(76)62-17-6-10-36(62)46(75)57-29(12-14-39(67)68)41(70)60-33(20-27-22-51-25-52-27)44(73)58-31(48(77)78)11-13-37(50)65/h1-3,7-8,22,25,28-36,53,63-64H,4-6,9-21,23-24,49H2,(H2,50,65)(H,51,52)(H,54,66)(H,55,74)(H,56,72)(H,57,75)(H,58,73)(H,59,69)(H,60,70)(H,61,71)(H,67,68)(H,77,78)/t28-,29-,30-,31-,32-,33-,34-,35-,36-/m0/s1. The Morgan fingerprint density at radius 2 is 1.43 bits per heavy atom. The molecule has 1 aromatic carbocycles. The van der Waals surface area contributed by atoms with Crippen LogP contribution in [-0.2, 0) is 75.2 Å². The summed E-state index contributed by atoms with van der Waals surface area (Å²) < 4.78 is 0. The first kappa shape index (κ1) is 63.4. The normalized spacial score (nSPS) is 20.1. The van der Waals surface area contributed by atoms with Crippen LogP contribution in [0.4, 0.5) is 0 Å². The summed E-state index contributed by atoms with van der Waals surface area (Å²) in [5.41, 5.74) is 14.1. The van der Waals surface area contributed by atoms with Gasteiger partial charge in [-0.2, -0.15) is 0 Å². The lowest BCUT2D eigenvalue weighted by atomic mass is 10.0. The Morgan fingerprint density at radius 3 is 2.08 bits per heavy atom. The zero-order valence-electron chi connectivity index (χ0n) is 43.1. The van der Waals surface area contributed by atoms with E-state index in [9.17, 15) is 78.0 Å². The molecule has 9 atom stereocenters. The molecule has 0 aliphatic carbocycles. The number of aromatic nitrogens is 2. The number of hydrogen-bond acceptors (Lipinski definition) is 18. The van der Waals surface area contributed by atoms with Crippen molar-refractivity contribution in [1.29, 1.82) is 0 Å². The van der Waals surface area contributed by atoms with Crippen molar-refractivity contribution in [3.05, 3.63) is 54.1 Å². The number of hydroxylamine groups is 1. The van der Waals surface area contributed by atoms with Gasteiger partial charge in [-0.15, -0.1) is 0 Å². The van der Waals surface area contributed by atoms with Crippen LogP contribution < -0.4 is 59.5 Å². The van der Waals surface area contributed by atoms with E-state index >= 15 is 0 Å². The van der Waals surface area contributed by atoms with Gasteiger partial charge in [0.25, 0.3) is 0 Å². The van der Waals surface area contributed by atoms with Crippen LogP contribution in [0, 0.1) is 0 Å². The highest BCUT2D eigenvalue weighted by molar-refractivity contribution is 5.99. The van der Waals surface area contributed by atoms with Crippen molar-refractivity contribution in [3.63, 3.8) is 0 Å². The SMILES string of the molecule is NCC(=O)N[C@@H](CO)C(=O)N[C@H]1CCCCNOCC[C@@H](C(=O)N[C@@H](CO)C(=O)N2CCC[C@H]2C(=O)N[C@@H](CCC(=O)O)C(=O)N[C@@H](Cc2cnc[nH]2)C(=O)N[C@@H](CCC(N)=O)C(=O)O)NC(=O)[C@H](Cc2ccccc2)NC1=O. The number of hydrogen-bond donors (Lipinski definition) is 16. The number of imidazole rings is 1. The maximum atomic E-state index is 14.2. The summed E-state index contributed by atoms with van der Waals surface area (Å²) >= 11 is 0. The third kappa shape index (κ3) is 21.0. The average molecular weight is 1120 g/mol. The van der Waals surface area contributed by atoms with Crippen LogP contribution in [0.3, 0.4) is 0 Å². The Balaban J connectivity index is 1.53. The molecule has 79 heavy (non-hydrogen) atoms. The molecular weight excluding hydrogens is 1040 g/mol. The van der Waals surface area contributed by atoms with Gasteiger partial charge in [-0.25, -0.2) is 15.3 Å². The monoisotopic (exact) mass is 1110 g/mol. The number of likely N-dealkylation sites (tertiary alicyclic amines) is 1. The maximum Gasteiger partial charge on any atom is 0.326 e. The van der Waals surface area contributed by atoms with Crippen LogP contribution in [0.1, 0.15) is 75.5 Å². The lowest BCUT2D eigenvalue weighted by Gasteiger charge is -2.30. The van der Waals surface area contributed by atoms with E-state index in [0.29, 0.717) is 24.1 Å². The van der Waals surface area contributed by atoms with Crippen LogP contribution in [0.15, 0.2) is 42.9 Å².